The van der Waals surface area contributed by atoms with Crippen molar-refractivity contribution < 1.29 is 14.3 Å². The third-order valence-electron chi connectivity index (χ3n) is 3.58. The number of methoxy groups -OCH3 is 1. The molecule has 0 radical (unpaired) electrons. The number of ether oxygens (including phenoxy) is 2. The quantitative estimate of drug-likeness (QED) is 0.497. The fourth-order valence-electron chi connectivity index (χ4n) is 2.40. The molecule has 0 aliphatic heterocycles. The minimum atomic E-state index is -0.412. The highest BCUT2D eigenvalue weighted by molar-refractivity contribution is 6.37. The molecule has 3 rings (SSSR count). The highest BCUT2D eigenvalue weighted by Gasteiger charge is 2.08. The summed E-state index contributed by atoms with van der Waals surface area (Å²) in [5.41, 5.74) is 3.69. The van der Waals surface area contributed by atoms with Gasteiger partial charge in [-0.2, -0.15) is 5.10 Å². The number of hydrogen-bond donors (Lipinski definition) is 1. The molecule has 2 aromatic carbocycles. The number of para-hydroxylation sites is 1. The summed E-state index contributed by atoms with van der Waals surface area (Å²) < 4.78 is 10.6. The van der Waals surface area contributed by atoms with Gasteiger partial charge in [0.1, 0.15) is 11.3 Å². The molecule has 0 atom stereocenters. The average molecular weight is 404 g/mol. The van der Waals surface area contributed by atoms with Crippen LogP contribution in [0.25, 0.3) is 10.9 Å². The Kier molecular flexibility index (Phi) is 6.11. The molecule has 27 heavy (non-hydrogen) atoms. The Labute approximate surface area is 165 Å². The highest BCUT2D eigenvalue weighted by Crippen LogP contribution is 2.33. The molecule has 0 unspecified atom stereocenters. The van der Waals surface area contributed by atoms with Crippen molar-refractivity contribution >= 4 is 46.2 Å². The lowest BCUT2D eigenvalue weighted by atomic mass is 10.2. The minimum absolute atomic E-state index is 0.197. The molecule has 1 aromatic heterocycles. The number of carbonyl (C=O) groups excluding carboxylic acids is 1. The third-order valence-corrected chi connectivity index (χ3v) is 4.14. The number of nitrogens with one attached hydrogen (secondary N) is 1. The number of pyridine rings is 1. The number of carbonyl (C=O) groups is 1. The Hall–Kier alpha value is -2.83. The Morgan fingerprint density at radius 2 is 1.96 bits per heavy atom. The minimum Gasteiger partial charge on any atom is -0.494 e. The molecule has 0 fully saturated rings. The van der Waals surface area contributed by atoms with Crippen molar-refractivity contribution in [1.29, 1.82) is 0 Å². The molecule has 1 amide bonds. The molecule has 3 aromatic rings. The van der Waals surface area contributed by atoms with E-state index in [1.54, 1.807) is 24.4 Å². The molecule has 0 saturated carbocycles. The molecular weight excluding hydrogens is 389 g/mol. The Bertz CT molecular complexity index is 980. The first-order valence-electron chi connectivity index (χ1n) is 7.90. The van der Waals surface area contributed by atoms with Gasteiger partial charge in [-0.25, -0.2) is 5.43 Å². The summed E-state index contributed by atoms with van der Waals surface area (Å²) in [6, 6.07) is 12.5. The van der Waals surface area contributed by atoms with Crippen LogP contribution in [0, 0.1) is 0 Å². The monoisotopic (exact) mass is 403 g/mol. The maximum Gasteiger partial charge on any atom is 0.277 e. The van der Waals surface area contributed by atoms with Crippen LogP contribution in [-0.2, 0) is 4.79 Å². The first-order valence-corrected chi connectivity index (χ1v) is 8.65. The second kappa shape index (κ2) is 8.70. The standard InChI is InChI=1S/C19H15Cl2N3O3/c1-26-19-14(20)8-12(9-15(19)21)10-23-24-17(25)11-27-16-6-2-4-13-5-3-7-22-18(13)16/h2-10H,11H2,1H3,(H,24,25)/b23-10+. The number of halogens is 2. The third kappa shape index (κ3) is 4.67. The van der Waals surface area contributed by atoms with E-state index in [9.17, 15) is 4.79 Å². The molecule has 8 heteroatoms. The van der Waals surface area contributed by atoms with Gasteiger partial charge in [-0.05, 0) is 29.8 Å². The lowest BCUT2D eigenvalue weighted by molar-refractivity contribution is -0.123. The van der Waals surface area contributed by atoms with Gasteiger partial charge in [-0.1, -0.05) is 41.4 Å². The zero-order valence-corrected chi connectivity index (χ0v) is 15.8. The molecule has 6 nitrogen and oxygen atoms in total. The lowest BCUT2D eigenvalue weighted by Gasteiger charge is -2.08. The van der Waals surface area contributed by atoms with E-state index >= 15 is 0 Å². The van der Waals surface area contributed by atoms with E-state index in [1.807, 2.05) is 24.3 Å². The first kappa shape index (κ1) is 18.9. The van der Waals surface area contributed by atoms with Crippen LogP contribution in [0.4, 0.5) is 0 Å². The van der Waals surface area contributed by atoms with Gasteiger partial charge in [0.2, 0.25) is 0 Å². The number of nitrogens with zero attached hydrogens (tertiary/aromatic N) is 2. The number of fused-ring (bicyclic) bond motifs is 1. The summed E-state index contributed by atoms with van der Waals surface area (Å²) in [7, 11) is 1.48. The van der Waals surface area contributed by atoms with Gasteiger partial charge >= 0.3 is 0 Å². The van der Waals surface area contributed by atoms with Crippen LogP contribution in [-0.4, -0.2) is 30.8 Å². The van der Waals surface area contributed by atoms with E-state index in [4.69, 9.17) is 32.7 Å². The van der Waals surface area contributed by atoms with Crippen molar-refractivity contribution in [3.8, 4) is 11.5 Å². The maximum atomic E-state index is 11.9. The summed E-state index contributed by atoms with van der Waals surface area (Å²) in [5.74, 6) is 0.502. The molecule has 138 valence electrons. The summed E-state index contributed by atoms with van der Waals surface area (Å²) in [5, 5.41) is 5.51. The second-order valence-corrected chi connectivity index (χ2v) is 6.25. The fourth-order valence-corrected chi connectivity index (χ4v) is 3.05. The van der Waals surface area contributed by atoms with Gasteiger partial charge in [-0.3, -0.25) is 9.78 Å². The van der Waals surface area contributed by atoms with Crippen molar-refractivity contribution in [3.05, 3.63) is 64.3 Å². The van der Waals surface area contributed by atoms with Crippen LogP contribution in [0.3, 0.4) is 0 Å². The normalized spacial score (nSPS) is 10.9. The zero-order valence-electron chi connectivity index (χ0n) is 14.3. The predicted molar refractivity (Wildman–Crippen MR) is 106 cm³/mol. The van der Waals surface area contributed by atoms with E-state index in [1.165, 1.54) is 13.3 Å². The van der Waals surface area contributed by atoms with Gasteiger partial charge in [0.15, 0.2) is 12.4 Å². The molecule has 1 N–H and O–H groups in total. The second-order valence-electron chi connectivity index (χ2n) is 5.43. The fraction of sp³-hybridized carbons (Fsp3) is 0.105. The van der Waals surface area contributed by atoms with Crippen LogP contribution in [0.2, 0.25) is 10.0 Å². The molecule has 0 aliphatic carbocycles. The van der Waals surface area contributed by atoms with Gasteiger partial charge < -0.3 is 9.47 Å². The van der Waals surface area contributed by atoms with Crippen LogP contribution < -0.4 is 14.9 Å². The van der Waals surface area contributed by atoms with Gasteiger partial charge in [0, 0.05) is 11.6 Å². The SMILES string of the molecule is COc1c(Cl)cc(/C=N/NC(=O)COc2cccc3cccnc23)cc1Cl. The summed E-state index contributed by atoms with van der Waals surface area (Å²) in [4.78, 5) is 16.2. The van der Waals surface area contributed by atoms with Crippen molar-refractivity contribution in [2.45, 2.75) is 0 Å². The molecule has 0 spiro atoms. The Morgan fingerprint density at radius 3 is 2.70 bits per heavy atom. The lowest BCUT2D eigenvalue weighted by Crippen LogP contribution is -2.24. The van der Waals surface area contributed by atoms with Crippen LogP contribution >= 0.6 is 23.2 Å². The molecule has 0 saturated heterocycles. The van der Waals surface area contributed by atoms with E-state index in [2.05, 4.69) is 15.5 Å². The van der Waals surface area contributed by atoms with E-state index < -0.39 is 5.91 Å². The van der Waals surface area contributed by atoms with Gasteiger partial charge in [-0.15, -0.1) is 0 Å². The molecule has 0 aliphatic rings. The number of aromatic nitrogens is 1. The van der Waals surface area contributed by atoms with E-state index in [-0.39, 0.29) is 6.61 Å². The zero-order chi connectivity index (χ0) is 19.2. The van der Waals surface area contributed by atoms with E-state index in [0.29, 0.717) is 32.6 Å². The molecule has 0 bridgehead atoms. The van der Waals surface area contributed by atoms with Gasteiger partial charge in [0.25, 0.3) is 5.91 Å². The number of amides is 1. The van der Waals surface area contributed by atoms with E-state index in [0.717, 1.165) is 5.39 Å². The van der Waals surface area contributed by atoms with Gasteiger partial charge in [0.05, 0.1) is 23.4 Å². The first-order chi connectivity index (χ1) is 13.1. The highest BCUT2D eigenvalue weighted by atomic mass is 35.5. The summed E-state index contributed by atoms with van der Waals surface area (Å²) in [6.07, 6.45) is 3.10. The number of hydrogen-bond acceptors (Lipinski definition) is 5. The average Bonchev–Trinajstić information content (AvgIpc) is 2.66. The van der Waals surface area contributed by atoms with Crippen molar-refractivity contribution in [1.82, 2.24) is 10.4 Å². The molecule has 1 heterocycles. The van der Waals surface area contributed by atoms with Crippen molar-refractivity contribution in [3.63, 3.8) is 0 Å². The Balaban J connectivity index is 1.59. The summed E-state index contributed by atoms with van der Waals surface area (Å²) >= 11 is 12.1. The van der Waals surface area contributed by atoms with Crippen LogP contribution in [0.5, 0.6) is 11.5 Å². The maximum absolute atomic E-state index is 11.9. The van der Waals surface area contributed by atoms with Crippen LogP contribution in [0.15, 0.2) is 53.8 Å². The van der Waals surface area contributed by atoms with Crippen molar-refractivity contribution in [2.75, 3.05) is 13.7 Å². The van der Waals surface area contributed by atoms with Crippen molar-refractivity contribution in [2.24, 2.45) is 5.10 Å². The van der Waals surface area contributed by atoms with Crippen LogP contribution in [0.1, 0.15) is 5.56 Å². The Morgan fingerprint density at radius 1 is 1.22 bits per heavy atom. The smallest absolute Gasteiger partial charge is 0.277 e. The topological polar surface area (TPSA) is 72.8 Å². The molecular formula is C19H15Cl2N3O3. The largest absolute Gasteiger partial charge is 0.494 e. The number of benzene rings is 2. The number of rotatable bonds is 6. The predicted octanol–water partition coefficient (Wildman–Crippen LogP) is 4.08. The summed E-state index contributed by atoms with van der Waals surface area (Å²) in [6.45, 7) is -0.197. The number of hydrazone groups is 1.